The lowest BCUT2D eigenvalue weighted by Crippen LogP contribution is -2.08. The highest BCUT2D eigenvalue weighted by atomic mass is 16.5. The van der Waals surface area contributed by atoms with Crippen LogP contribution in [0.15, 0.2) is 24.4 Å². The minimum Gasteiger partial charge on any atom is -0.459 e. The molecule has 0 saturated heterocycles. The molecule has 0 fully saturated rings. The van der Waals surface area contributed by atoms with Crippen molar-refractivity contribution < 1.29 is 19.4 Å². The number of aromatic nitrogens is 1. The third-order valence-electron chi connectivity index (χ3n) is 5.08. The molecule has 1 N–H and O–H groups in total. The van der Waals surface area contributed by atoms with Crippen LogP contribution in [-0.4, -0.2) is 27.9 Å². The molecule has 0 aromatic carbocycles. The SMILES string of the molecule is CCCCCC(=O)CCCC(O)CCCCCCCC(=O)OCc1ccccn1. The molecule has 1 unspecified atom stereocenters. The molecular weight excluding hydrogens is 366 g/mol. The maximum Gasteiger partial charge on any atom is 0.306 e. The molecule has 0 aliphatic carbocycles. The van der Waals surface area contributed by atoms with Gasteiger partial charge in [0, 0.05) is 25.5 Å². The van der Waals surface area contributed by atoms with Crippen molar-refractivity contribution in [3.63, 3.8) is 0 Å². The fraction of sp³-hybridized carbons (Fsp3) is 0.708. The number of ketones is 1. The average Bonchev–Trinajstić information content (AvgIpc) is 2.72. The fourth-order valence-electron chi connectivity index (χ4n) is 3.27. The summed E-state index contributed by atoms with van der Waals surface area (Å²) < 4.78 is 5.21. The van der Waals surface area contributed by atoms with Crippen LogP contribution in [0, 0.1) is 0 Å². The predicted octanol–water partition coefficient (Wildman–Crippen LogP) is 5.54. The number of nitrogens with zero attached hydrogens (tertiary/aromatic N) is 1. The van der Waals surface area contributed by atoms with Gasteiger partial charge in [-0.05, 0) is 44.2 Å². The van der Waals surface area contributed by atoms with Crippen LogP contribution >= 0.6 is 0 Å². The van der Waals surface area contributed by atoms with Crippen LogP contribution in [0.2, 0.25) is 0 Å². The zero-order valence-corrected chi connectivity index (χ0v) is 18.1. The van der Waals surface area contributed by atoms with E-state index in [0.29, 0.717) is 25.0 Å². The molecule has 1 atom stereocenters. The Labute approximate surface area is 176 Å². The van der Waals surface area contributed by atoms with Gasteiger partial charge in [0.05, 0.1) is 11.8 Å². The maximum absolute atomic E-state index is 11.7. The van der Waals surface area contributed by atoms with Crippen LogP contribution in [0.5, 0.6) is 0 Å². The summed E-state index contributed by atoms with van der Waals surface area (Å²) in [6.45, 7) is 2.38. The molecule has 0 radical (unpaired) electrons. The lowest BCUT2D eigenvalue weighted by atomic mass is 10.0. The van der Waals surface area contributed by atoms with E-state index in [0.717, 1.165) is 76.3 Å². The molecule has 0 amide bonds. The molecule has 5 heteroatoms. The Morgan fingerprint density at radius 1 is 0.931 bits per heavy atom. The Kier molecular flexibility index (Phi) is 14.9. The Morgan fingerprint density at radius 2 is 1.62 bits per heavy atom. The van der Waals surface area contributed by atoms with Gasteiger partial charge in [0.25, 0.3) is 0 Å². The highest BCUT2D eigenvalue weighted by Gasteiger charge is 2.07. The normalized spacial score (nSPS) is 11.9. The van der Waals surface area contributed by atoms with E-state index in [-0.39, 0.29) is 18.7 Å². The molecule has 29 heavy (non-hydrogen) atoms. The Morgan fingerprint density at radius 3 is 2.38 bits per heavy atom. The van der Waals surface area contributed by atoms with Crippen molar-refractivity contribution in [2.75, 3.05) is 0 Å². The van der Waals surface area contributed by atoms with Crippen molar-refractivity contribution in [2.24, 2.45) is 0 Å². The van der Waals surface area contributed by atoms with Gasteiger partial charge in [-0.15, -0.1) is 0 Å². The minimum absolute atomic E-state index is 0.171. The van der Waals surface area contributed by atoms with Crippen LogP contribution in [0.1, 0.15) is 103 Å². The van der Waals surface area contributed by atoms with E-state index < -0.39 is 0 Å². The quantitative estimate of drug-likeness (QED) is 0.256. The zero-order chi connectivity index (χ0) is 21.2. The second-order valence-electron chi connectivity index (χ2n) is 7.83. The van der Waals surface area contributed by atoms with E-state index in [1.807, 2.05) is 18.2 Å². The summed E-state index contributed by atoms with van der Waals surface area (Å²) in [4.78, 5) is 27.5. The molecule has 0 saturated carbocycles. The van der Waals surface area contributed by atoms with Gasteiger partial charge in [0.15, 0.2) is 0 Å². The first-order chi connectivity index (χ1) is 14.1. The van der Waals surface area contributed by atoms with Crippen molar-refractivity contribution in [1.29, 1.82) is 0 Å². The maximum atomic E-state index is 11.7. The molecular formula is C24H39NO4. The standard InChI is InChI=1S/C24H39NO4/c1-2-3-7-14-22(26)16-12-17-23(27)15-8-5-4-6-9-18-24(28)29-20-21-13-10-11-19-25-21/h10-11,13,19,23,27H,2-9,12,14-18,20H2,1H3. The molecule has 5 nitrogen and oxygen atoms in total. The van der Waals surface area contributed by atoms with Crippen molar-refractivity contribution >= 4 is 11.8 Å². The molecule has 1 aromatic heterocycles. The number of unbranched alkanes of at least 4 members (excludes halogenated alkanes) is 6. The number of Topliss-reactive ketones (excluding diaryl/α,β-unsaturated/α-hetero) is 1. The Hall–Kier alpha value is -1.75. The van der Waals surface area contributed by atoms with Crippen LogP contribution < -0.4 is 0 Å². The number of hydrogen-bond acceptors (Lipinski definition) is 5. The summed E-state index contributed by atoms with van der Waals surface area (Å²) in [5, 5.41) is 10.0. The van der Waals surface area contributed by atoms with Gasteiger partial charge in [-0.25, -0.2) is 0 Å². The predicted molar refractivity (Wildman–Crippen MR) is 115 cm³/mol. The number of hydrogen-bond donors (Lipinski definition) is 1. The number of pyridine rings is 1. The molecule has 1 aromatic rings. The summed E-state index contributed by atoms with van der Waals surface area (Å²) in [6.07, 6.45) is 13.7. The molecule has 1 rings (SSSR count). The van der Waals surface area contributed by atoms with Crippen molar-refractivity contribution in [3.8, 4) is 0 Å². The van der Waals surface area contributed by atoms with Gasteiger partial charge < -0.3 is 9.84 Å². The third kappa shape index (κ3) is 14.8. The van der Waals surface area contributed by atoms with Crippen LogP contribution in [0.4, 0.5) is 0 Å². The van der Waals surface area contributed by atoms with E-state index >= 15 is 0 Å². The summed E-state index contributed by atoms with van der Waals surface area (Å²) in [7, 11) is 0. The largest absolute Gasteiger partial charge is 0.459 e. The van der Waals surface area contributed by atoms with E-state index in [1.54, 1.807) is 6.20 Å². The Balaban J connectivity index is 1.89. The smallest absolute Gasteiger partial charge is 0.306 e. The average molecular weight is 406 g/mol. The second kappa shape index (κ2) is 17.1. The van der Waals surface area contributed by atoms with Crippen molar-refractivity contribution in [2.45, 2.75) is 110 Å². The lowest BCUT2D eigenvalue weighted by Gasteiger charge is -2.10. The van der Waals surface area contributed by atoms with Gasteiger partial charge in [-0.3, -0.25) is 14.6 Å². The van der Waals surface area contributed by atoms with Gasteiger partial charge in [0.2, 0.25) is 0 Å². The number of ether oxygens (including phenoxy) is 1. The topological polar surface area (TPSA) is 76.5 Å². The molecule has 0 bridgehead atoms. The lowest BCUT2D eigenvalue weighted by molar-refractivity contribution is -0.145. The molecule has 164 valence electrons. The van der Waals surface area contributed by atoms with Gasteiger partial charge in [0.1, 0.15) is 12.4 Å². The van der Waals surface area contributed by atoms with Crippen molar-refractivity contribution in [1.82, 2.24) is 4.98 Å². The first-order valence-electron chi connectivity index (χ1n) is 11.4. The number of carbonyl (C=O) groups is 2. The van der Waals surface area contributed by atoms with Crippen LogP contribution in [0.3, 0.4) is 0 Å². The second-order valence-corrected chi connectivity index (χ2v) is 7.83. The number of esters is 1. The van der Waals surface area contributed by atoms with E-state index in [1.165, 1.54) is 0 Å². The molecule has 0 spiro atoms. The van der Waals surface area contributed by atoms with Crippen LogP contribution in [0.25, 0.3) is 0 Å². The van der Waals surface area contributed by atoms with Crippen molar-refractivity contribution in [3.05, 3.63) is 30.1 Å². The first kappa shape index (κ1) is 25.3. The molecule has 1 heterocycles. The number of carbonyl (C=O) groups excluding carboxylic acids is 2. The monoisotopic (exact) mass is 405 g/mol. The minimum atomic E-state index is -0.292. The molecule has 0 aliphatic rings. The molecule has 0 aliphatic heterocycles. The van der Waals surface area contributed by atoms with E-state index in [2.05, 4.69) is 11.9 Å². The summed E-state index contributed by atoms with van der Waals surface area (Å²) in [5.41, 5.74) is 0.764. The summed E-state index contributed by atoms with van der Waals surface area (Å²) >= 11 is 0. The summed E-state index contributed by atoms with van der Waals surface area (Å²) in [5.74, 6) is 0.166. The number of aliphatic hydroxyl groups excluding tert-OH is 1. The summed E-state index contributed by atoms with van der Waals surface area (Å²) in [6, 6.07) is 5.55. The van der Waals surface area contributed by atoms with E-state index in [4.69, 9.17) is 4.74 Å². The number of rotatable bonds is 18. The number of aliphatic hydroxyl groups is 1. The van der Waals surface area contributed by atoms with Gasteiger partial charge >= 0.3 is 5.97 Å². The Bertz CT molecular complexity index is 547. The van der Waals surface area contributed by atoms with E-state index in [9.17, 15) is 14.7 Å². The first-order valence-corrected chi connectivity index (χ1v) is 11.4. The highest BCUT2D eigenvalue weighted by molar-refractivity contribution is 5.78. The van der Waals surface area contributed by atoms with Crippen LogP contribution in [-0.2, 0) is 20.9 Å². The third-order valence-corrected chi connectivity index (χ3v) is 5.08. The van der Waals surface area contributed by atoms with Gasteiger partial charge in [-0.1, -0.05) is 51.5 Å². The van der Waals surface area contributed by atoms with Gasteiger partial charge in [-0.2, -0.15) is 0 Å². The zero-order valence-electron chi connectivity index (χ0n) is 18.1. The highest BCUT2D eigenvalue weighted by Crippen LogP contribution is 2.13. The fourth-order valence-corrected chi connectivity index (χ4v) is 3.27.